The summed E-state index contributed by atoms with van der Waals surface area (Å²) in [6.07, 6.45) is -3.64. The van der Waals surface area contributed by atoms with E-state index in [2.05, 4.69) is 26.5 Å². The fraction of sp³-hybridized carbons (Fsp3) is 0.419. The third-order valence-electron chi connectivity index (χ3n) is 11.1. The number of piperazine rings is 1. The van der Waals surface area contributed by atoms with E-state index >= 15 is 0 Å². The number of ketones is 2. The number of nitriles is 2. The molecule has 2 aliphatic heterocycles. The molecule has 3 aliphatic rings. The molecular weight excluding hydrogens is 798 g/mol. The largest absolute Gasteiger partial charge is 0.492 e. The Morgan fingerprint density at radius 3 is 2.40 bits per heavy atom. The topological polar surface area (TPSA) is 162 Å². The summed E-state index contributed by atoms with van der Waals surface area (Å²) in [5, 5.41) is 24.8. The highest BCUT2D eigenvalue weighted by molar-refractivity contribution is 7.81. The summed E-state index contributed by atoms with van der Waals surface area (Å²) >= 11 is 5.71. The van der Waals surface area contributed by atoms with E-state index in [1.54, 1.807) is 55.1 Å². The Bertz CT molecular complexity index is 2300. The number of amides is 2. The molecule has 2 amide bonds. The fourth-order valence-electron chi connectivity index (χ4n) is 7.83. The van der Waals surface area contributed by atoms with E-state index < -0.39 is 34.8 Å². The molecule has 3 aromatic rings. The minimum absolute atomic E-state index is 0.00742. The van der Waals surface area contributed by atoms with Crippen LogP contribution in [0.5, 0.6) is 5.75 Å². The molecule has 17 heteroatoms. The average Bonchev–Trinajstić information content (AvgIpc) is 3.37. The smallest absolute Gasteiger partial charge is 0.417 e. The van der Waals surface area contributed by atoms with Gasteiger partial charge in [0.25, 0.3) is 5.91 Å². The minimum Gasteiger partial charge on any atom is -0.492 e. The third-order valence-corrected chi connectivity index (χ3v) is 11.4. The van der Waals surface area contributed by atoms with Crippen LogP contribution in [0.25, 0.3) is 0 Å². The normalized spacial score (nSPS) is 19.9. The fourth-order valence-corrected chi connectivity index (χ4v) is 8.36. The molecule has 0 radical (unpaired) electrons. The molecule has 2 N–H and O–H groups in total. The number of nitrogens with zero attached hydrogens (tertiary/aromatic N) is 6. The van der Waals surface area contributed by atoms with Gasteiger partial charge in [0.05, 0.1) is 53.5 Å². The SMILES string of the molecule is CCc1cc(N2C(=S)N(c3ccc(C#N)c(C(F)(F)F)c3)C(=O)C2(C)C)ccc1OCCN1CCN(CC(=O)Nc2cc(C#N)cc(NC3CCC(=O)CC3=O)c2)[C@H](C)C1. The van der Waals surface area contributed by atoms with Gasteiger partial charge in [-0.05, 0) is 106 Å². The average molecular weight is 843 g/mol. The van der Waals surface area contributed by atoms with Crippen LogP contribution in [0.4, 0.5) is 35.9 Å². The number of carbonyl (C=O) groups excluding carboxylic acids is 4. The quantitative estimate of drug-likeness (QED) is 0.161. The second-order valence-electron chi connectivity index (χ2n) is 15.6. The Balaban J connectivity index is 1.03. The summed E-state index contributed by atoms with van der Waals surface area (Å²) in [6.45, 7) is 10.5. The van der Waals surface area contributed by atoms with Crippen molar-refractivity contribution in [2.24, 2.45) is 0 Å². The predicted octanol–water partition coefficient (Wildman–Crippen LogP) is 6.05. The van der Waals surface area contributed by atoms with Crippen molar-refractivity contribution >= 4 is 63.5 Å². The molecular formula is C43H45F3N8O5S. The summed E-state index contributed by atoms with van der Waals surface area (Å²) in [4.78, 5) is 57.9. The number of Topliss-reactive ketones (excluding diaryl/α,β-unsaturated/α-hetero) is 2. The summed E-state index contributed by atoms with van der Waals surface area (Å²) in [5.74, 6) is -0.381. The van der Waals surface area contributed by atoms with Crippen LogP contribution in [0, 0.1) is 22.7 Å². The monoisotopic (exact) mass is 842 g/mol. The molecule has 1 saturated carbocycles. The molecule has 2 saturated heterocycles. The first kappa shape index (κ1) is 43.7. The molecule has 1 aliphatic carbocycles. The Morgan fingerprint density at radius 1 is 1.00 bits per heavy atom. The van der Waals surface area contributed by atoms with Gasteiger partial charge in [-0.1, -0.05) is 6.92 Å². The first-order valence-corrected chi connectivity index (χ1v) is 20.0. The lowest BCUT2D eigenvalue weighted by Gasteiger charge is -2.39. The van der Waals surface area contributed by atoms with E-state index in [0.717, 1.165) is 22.6 Å². The molecule has 13 nitrogen and oxygen atoms in total. The predicted molar refractivity (Wildman–Crippen MR) is 223 cm³/mol. The van der Waals surface area contributed by atoms with Crippen LogP contribution in [-0.4, -0.2) is 95.2 Å². The van der Waals surface area contributed by atoms with Gasteiger partial charge in [0.2, 0.25) is 5.91 Å². The number of anilines is 4. The number of thiocarbonyl (C=S) groups is 1. The number of hydrogen-bond donors (Lipinski definition) is 2. The van der Waals surface area contributed by atoms with Gasteiger partial charge >= 0.3 is 6.18 Å². The van der Waals surface area contributed by atoms with E-state index in [9.17, 15) is 42.9 Å². The molecule has 6 rings (SSSR count). The van der Waals surface area contributed by atoms with Gasteiger partial charge in [-0.25, -0.2) is 0 Å². The molecule has 2 atom stereocenters. The lowest BCUT2D eigenvalue weighted by atomic mass is 9.93. The first-order chi connectivity index (χ1) is 28.4. The van der Waals surface area contributed by atoms with Gasteiger partial charge < -0.3 is 20.3 Å². The number of rotatable bonds is 12. The zero-order valence-electron chi connectivity index (χ0n) is 33.7. The number of carbonyl (C=O) groups is 4. The molecule has 0 aromatic heterocycles. The lowest BCUT2D eigenvalue weighted by Crippen LogP contribution is -2.54. The highest BCUT2D eigenvalue weighted by atomic mass is 32.1. The van der Waals surface area contributed by atoms with E-state index in [0.29, 0.717) is 80.4 Å². The molecule has 60 heavy (non-hydrogen) atoms. The molecule has 314 valence electrons. The third kappa shape index (κ3) is 9.44. The van der Waals surface area contributed by atoms with Gasteiger partial charge in [-0.2, -0.15) is 23.7 Å². The van der Waals surface area contributed by atoms with E-state index in [1.165, 1.54) is 6.07 Å². The molecule has 2 heterocycles. The number of hydrogen-bond acceptors (Lipinski definition) is 11. The number of alkyl halides is 3. The minimum atomic E-state index is -4.80. The van der Waals surface area contributed by atoms with Crippen LogP contribution in [0.1, 0.15) is 69.2 Å². The Hall–Kier alpha value is -5.88. The summed E-state index contributed by atoms with van der Waals surface area (Å²) in [5.41, 5.74) is -0.334. The number of halogens is 3. The van der Waals surface area contributed by atoms with E-state index in [1.807, 2.05) is 19.9 Å². The van der Waals surface area contributed by atoms with Crippen molar-refractivity contribution in [3.05, 3.63) is 76.9 Å². The zero-order chi connectivity index (χ0) is 43.5. The second-order valence-corrected chi connectivity index (χ2v) is 16.0. The molecule has 1 unspecified atom stereocenters. The number of ether oxygens (including phenoxy) is 1. The maximum Gasteiger partial charge on any atom is 0.417 e. The highest BCUT2D eigenvalue weighted by Crippen LogP contribution is 2.40. The van der Waals surface area contributed by atoms with Crippen molar-refractivity contribution in [1.29, 1.82) is 10.5 Å². The van der Waals surface area contributed by atoms with Gasteiger partial charge in [-0.15, -0.1) is 0 Å². The van der Waals surface area contributed by atoms with Crippen molar-refractivity contribution in [2.75, 3.05) is 59.8 Å². The van der Waals surface area contributed by atoms with Crippen molar-refractivity contribution in [1.82, 2.24) is 9.80 Å². The number of benzene rings is 3. The summed E-state index contributed by atoms with van der Waals surface area (Å²) in [7, 11) is 0. The number of aryl methyl sites for hydroxylation is 1. The second kappa shape index (κ2) is 17.8. The van der Waals surface area contributed by atoms with Crippen LogP contribution in [0.15, 0.2) is 54.6 Å². The van der Waals surface area contributed by atoms with E-state index in [-0.39, 0.29) is 47.3 Å². The summed E-state index contributed by atoms with van der Waals surface area (Å²) in [6, 6.07) is 16.5. The molecule has 3 fully saturated rings. The van der Waals surface area contributed by atoms with Crippen LogP contribution < -0.4 is 25.2 Å². The van der Waals surface area contributed by atoms with Crippen LogP contribution in [0.2, 0.25) is 0 Å². The Morgan fingerprint density at radius 2 is 1.73 bits per heavy atom. The molecule has 0 bridgehead atoms. The number of nitrogens with one attached hydrogen (secondary N) is 2. The maximum atomic E-state index is 13.8. The van der Waals surface area contributed by atoms with Gasteiger partial charge in [-0.3, -0.25) is 33.9 Å². The van der Waals surface area contributed by atoms with Crippen molar-refractivity contribution in [2.45, 2.75) is 77.2 Å². The first-order valence-electron chi connectivity index (χ1n) is 19.6. The summed E-state index contributed by atoms with van der Waals surface area (Å²) < 4.78 is 47.6. The molecule has 0 spiro atoms. The van der Waals surface area contributed by atoms with Crippen molar-refractivity contribution in [3.8, 4) is 17.9 Å². The van der Waals surface area contributed by atoms with Gasteiger partial charge in [0.15, 0.2) is 10.9 Å². The van der Waals surface area contributed by atoms with Gasteiger partial charge in [0, 0.05) is 55.7 Å². The van der Waals surface area contributed by atoms with Crippen LogP contribution in [-0.2, 0) is 31.8 Å². The Kier molecular flexibility index (Phi) is 12.9. The van der Waals surface area contributed by atoms with Gasteiger partial charge in [0.1, 0.15) is 23.7 Å². The van der Waals surface area contributed by atoms with Crippen LogP contribution in [0.3, 0.4) is 0 Å². The highest BCUT2D eigenvalue weighted by Gasteiger charge is 2.51. The molecule has 3 aromatic carbocycles. The van der Waals surface area contributed by atoms with Crippen LogP contribution >= 0.6 is 12.2 Å². The van der Waals surface area contributed by atoms with Crippen molar-refractivity contribution < 1.29 is 37.1 Å². The van der Waals surface area contributed by atoms with Crippen molar-refractivity contribution in [3.63, 3.8) is 0 Å². The standard InChI is InChI=1S/C43H45F3N8O5S/c1-5-28-18-33(54-41(60)53(40(58)42(54,3)4)32-7-6-29(23-48)35(20-32)43(44,45)46)8-11-38(28)59-15-14-51-12-13-52(26(2)24-51)25-39(57)50-31-17-27(22-47)16-30(19-31)49-36-10-9-34(55)21-37(36)56/h6-8,11,16-20,26,36,49H,5,9-10,12-15,21,24-25H2,1-4H3,(H,50,57)/t26-,36?/m1/s1. The Labute approximate surface area is 351 Å². The zero-order valence-corrected chi connectivity index (χ0v) is 34.5. The lowest BCUT2D eigenvalue weighted by molar-refractivity contribution is -0.138. The maximum absolute atomic E-state index is 13.8. The van der Waals surface area contributed by atoms with E-state index in [4.69, 9.17) is 17.0 Å².